The lowest BCUT2D eigenvalue weighted by Gasteiger charge is -2.11. The second-order valence-corrected chi connectivity index (χ2v) is 7.14. The van der Waals surface area contributed by atoms with E-state index in [9.17, 15) is 4.79 Å². The molecule has 0 radical (unpaired) electrons. The molecule has 0 N–H and O–H groups in total. The van der Waals surface area contributed by atoms with Gasteiger partial charge in [-0.1, -0.05) is 74.5 Å². The van der Waals surface area contributed by atoms with Gasteiger partial charge in [0.15, 0.2) is 18.1 Å². The van der Waals surface area contributed by atoms with E-state index in [1.807, 2.05) is 78.9 Å². The van der Waals surface area contributed by atoms with Crippen LogP contribution < -0.4 is 14.2 Å². The fourth-order valence-electron chi connectivity index (χ4n) is 2.87. The minimum absolute atomic E-state index is 0.181. The van der Waals surface area contributed by atoms with Crippen LogP contribution in [0.5, 0.6) is 17.2 Å². The Hall–Kier alpha value is -3.53. The second-order valence-electron chi connectivity index (χ2n) is 7.14. The average Bonchev–Trinajstić information content (AvgIpc) is 2.78. The standard InChI is InChI=1S/C26H26O4/c1-19(2)22-12-14-23(15-13-22)29-18-26(27)30-24-16-11-21(17-25(24)28-3)10-9-20-7-5-4-6-8-20/h4-17,19H,18H2,1-3H3/b10-9+. The molecule has 0 saturated heterocycles. The van der Waals surface area contributed by atoms with Crippen molar-refractivity contribution in [3.8, 4) is 17.2 Å². The van der Waals surface area contributed by atoms with Crippen LogP contribution in [0.2, 0.25) is 0 Å². The Morgan fingerprint density at radius 2 is 1.57 bits per heavy atom. The summed E-state index contributed by atoms with van der Waals surface area (Å²) < 4.78 is 16.3. The molecule has 0 aliphatic carbocycles. The van der Waals surface area contributed by atoms with Crippen molar-refractivity contribution < 1.29 is 19.0 Å². The summed E-state index contributed by atoms with van der Waals surface area (Å²) in [5, 5.41) is 0. The number of ether oxygens (including phenoxy) is 3. The molecule has 4 nitrogen and oxygen atoms in total. The molecule has 4 heteroatoms. The highest BCUT2D eigenvalue weighted by atomic mass is 16.6. The van der Waals surface area contributed by atoms with Crippen LogP contribution in [0.4, 0.5) is 0 Å². The number of hydrogen-bond donors (Lipinski definition) is 0. The maximum Gasteiger partial charge on any atom is 0.349 e. The van der Waals surface area contributed by atoms with E-state index in [0.29, 0.717) is 23.2 Å². The third-order valence-electron chi connectivity index (χ3n) is 4.58. The van der Waals surface area contributed by atoms with E-state index in [-0.39, 0.29) is 6.61 Å². The van der Waals surface area contributed by atoms with Gasteiger partial charge in [-0.15, -0.1) is 0 Å². The Morgan fingerprint density at radius 3 is 2.23 bits per heavy atom. The lowest BCUT2D eigenvalue weighted by molar-refractivity contribution is -0.136. The molecule has 0 saturated carbocycles. The molecule has 0 fully saturated rings. The smallest absolute Gasteiger partial charge is 0.349 e. The van der Waals surface area contributed by atoms with Gasteiger partial charge in [0.25, 0.3) is 0 Å². The van der Waals surface area contributed by atoms with Crippen molar-refractivity contribution in [1.29, 1.82) is 0 Å². The monoisotopic (exact) mass is 402 g/mol. The molecular weight excluding hydrogens is 376 g/mol. The minimum atomic E-state index is -0.492. The van der Waals surface area contributed by atoms with E-state index in [0.717, 1.165) is 11.1 Å². The molecular formula is C26H26O4. The predicted molar refractivity (Wildman–Crippen MR) is 120 cm³/mol. The number of carbonyl (C=O) groups is 1. The Kier molecular flexibility index (Phi) is 7.28. The minimum Gasteiger partial charge on any atom is -0.493 e. The van der Waals surface area contributed by atoms with Gasteiger partial charge in [0.2, 0.25) is 0 Å². The molecule has 0 atom stereocenters. The Labute approximate surface area is 177 Å². The normalized spacial score (nSPS) is 10.9. The maximum atomic E-state index is 12.2. The first-order valence-corrected chi connectivity index (χ1v) is 9.90. The number of hydrogen-bond acceptors (Lipinski definition) is 4. The zero-order valence-corrected chi connectivity index (χ0v) is 17.5. The quantitative estimate of drug-likeness (QED) is 0.264. The van der Waals surface area contributed by atoms with Crippen molar-refractivity contribution in [2.45, 2.75) is 19.8 Å². The summed E-state index contributed by atoms with van der Waals surface area (Å²) in [6.45, 7) is 4.08. The SMILES string of the molecule is COc1cc(/C=C/c2ccccc2)ccc1OC(=O)COc1ccc(C(C)C)cc1. The molecule has 3 rings (SSSR count). The van der Waals surface area contributed by atoms with Gasteiger partial charge in [0.05, 0.1) is 7.11 Å². The fraction of sp³-hybridized carbons (Fsp3) is 0.192. The number of carbonyl (C=O) groups excluding carboxylic acids is 1. The summed E-state index contributed by atoms with van der Waals surface area (Å²) in [4.78, 5) is 12.2. The van der Waals surface area contributed by atoms with Crippen LogP contribution in [0.15, 0.2) is 72.8 Å². The number of esters is 1. The van der Waals surface area contributed by atoms with E-state index in [4.69, 9.17) is 14.2 Å². The van der Waals surface area contributed by atoms with Crippen molar-refractivity contribution in [3.05, 3.63) is 89.5 Å². The summed E-state index contributed by atoms with van der Waals surface area (Å²) >= 11 is 0. The summed E-state index contributed by atoms with van der Waals surface area (Å²) in [6.07, 6.45) is 3.99. The largest absolute Gasteiger partial charge is 0.493 e. The van der Waals surface area contributed by atoms with E-state index in [1.165, 1.54) is 5.56 Å². The topological polar surface area (TPSA) is 44.8 Å². The van der Waals surface area contributed by atoms with Gasteiger partial charge >= 0.3 is 5.97 Å². The fourth-order valence-corrected chi connectivity index (χ4v) is 2.87. The van der Waals surface area contributed by atoms with Crippen LogP contribution in [-0.2, 0) is 4.79 Å². The number of methoxy groups -OCH3 is 1. The van der Waals surface area contributed by atoms with E-state index in [1.54, 1.807) is 13.2 Å². The van der Waals surface area contributed by atoms with Crippen LogP contribution >= 0.6 is 0 Å². The van der Waals surface area contributed by atoms with Crippen LogP contribution in [0.25, 0.3) is 12.2 Å². The highest BCUT2D eigenvalue weighted by molar-refractivity contribution is 5.76. The van der Waals surface area contributed by atoms with Gasteiger partial charge in [-0.05, 0) is 46.9 Å². The van der Waals surface area contributed by atoms with Crippen LogP contribution in [0.3, 0.4) is 0 Å². The lowest BCUT2D eigenvalue weighted by atomic mass is 10.0. The van der Waals surface area contributed by atoms with E-state index < -0.39 is 5.97 Å². The van der Waals surface area contributed by atoms with Crippen molar-refractivity contribution in [1.82, 2.24) is 0 Å². The molecule has 3 aromatic rings. The van der Waals surface area contributed by atoms with Gasteiger partial charge < -0.3 is 14.2 Å². The summed E-state index contributed by atoms with van der Waals surface area (Å²) in [5.41, 5.74) is 3.26. The van der Waals surface area contributed by atoms with Crippen LogP contribution in [0, 0.1) is 0 Å². The Balaban J connectivity index is 1.59. The Morgan fingerprint density at radius 1 is 0.867 bits per heavy atom. The van der Waals surface area contributed by atoms with Gasteiger partial charge in [-0.3, -0.25) is 0 Å². The van der Waals surface area contributed by atoms with Crippen molar-refractivity contribution >= 4 is 18.1 Å². The van der Waals surface area contributed by atoms with Crippen molar-refractivity contribution in [2.24, 2.45) is 0 Å². The predicted octanol–water partition coefficient (Wildman–Crippen LogP) is 5.97. The zero-order valence-electron chi connectivity index (χ0n) is 17.5. The van der Waals surface area contributed by atoms with Gasteiger partial charge in [0.1, 0.15) is 5.75 Å². The second kappa shape index (κ2) is 10.3. The maximum absolute atomic E-state index is 12.2. The van der Waals surface area contributed by atoms with Crippen molar-refractivity contribution in [3.63, 3.8) is 0 Å². The van der Waals surface area contributed by atoms with E-state index >= 15 is 0 Å². The summed E-state index contributed by atoms with van der Waals surface area (Å²) in [6, 6.07) is 23.1. The van der Waals surface area contributed by atoms with Gasteiger partial charge in [-0.2, -0.15) is 0 Å². The first-order valence-electron chi connectivity index (χ1n) is 9.90. The number of benzene rings is 3. The first kappa shape index (κ1) is 21.2. The molecule has 0 aliphatic rings. The van der Waals surface area contributed by atoms with Gasteiger partial charge in [-0.25, -0.2) is 4.79 Å². The molecule has 0 unspecified atom stereocenters. The van der Waals surface area contributed by atoms with Crippen molar-refractivity contribution in [2.75, 3.05) is 13.7 Å². The molecule has 0 amide bonds. The number of rotatable bonds is 8. The van der Waals surface area contributed by atoms with E-state index in [2.05, 4.69) is 13.8 Å². The lowest BCUT2D eigenvalue weighted by Crippen LogP contribution is -2.18. The summed E-state index contributed by atoms with van der Waals surface area (Å²) in [7, 11) is 1.55. The average molecular weight is 402 g/mol. The Bertz CT molecular complexity index is 989. The molecule has 154 valence electrons. The van der Waals surface area contributed by atoms with Crippen LogP contribution in [-0.4, -0.2) is 19.7 Å². The molecule has 0 heterocycles. The van der Waals surface area contributed by atoms with Gasteiger partial charge in [0, 0.05) is 0 Å². The zero-order chi connectivity index (χ0) is 21.3. The summed E-state index contributed by atoms with van der Waals surface area (Å²) in [5.74, 6) is 1.43. The molecule has 0 bridgehead atoms. The molecule has 0 aliphatic heterocycles. The molecule has 3 aromatic carbocycles. The third kappa shape index (κ3) is 5.98. The molecule has 30 heavy (non-hydrogen) atoms. The molecule has 0 aromatic heterocycles. The highest BCUT2D eigenvalue weighted by Crippen LogP contribution is 2.29. The first-order chi connectivity index (χ1) is 14.5. The van der Waals surface area contributed by atoms with Crippen LogP contribution in [0.1, 0.15) is 36.5 Å². The molecule has 0 spiro atoms. The third-order valence-corrected chi connectivity index (χ3v) is 4.58. The highest BCUT2D eigenvalue weighted by Gasteiger charge is 2.11.